The van der Waals surface area contributed by atoms with Gasteiger partial charge in [-0.25, -0.2) is 9.79 Å². The monoisotopic (exact) mass is 558 g/mol. The highest BCUT2D eigenvalue weighted by molar-refractivity contribution is 7.98. The Morgan fingerprint density at radius 3 is 2.54 bits per heavy atom. The second-order valence-corrected chi connectivity index (χ2v) is 11.6. The fourth-order valence-corrected chi connectivity index (χ4v) is 6.37. The van der Waals surface area contributed by atoms with Gasteiger partial charge >= 0.3 is 5.97 Å². The maximum Gasteiger partial charge on any atom is 0.338 e. The lowest BCUT2D eigenvalue weighted by Gasteiger charge is -2.25. The minimum absolute atomic E-state index is 0.189. The van der Waals surface area contributed by atoms with Crippen molar-refractivity contribution in [3.05, 3.63) is 108 Å². The second-order valence-electron chi connectivity index (χ2n) is 9.68. The highest BCUT2D eigenvalue weighted by Gasteiger charge is 2.33. The van der Waals surface area contributed by atoms with Crippen molar-refractivity contribution in [1.29, 1.82) is 0 Å². The minimum atomic E-state index is -0.631. The summed E-state index contributed by atoms with van der Waals surface area (Å²) in [6, 6.07) is 13.3. The molecule has 0 fully saturated rings. The average molecular weight is 559 g/mol. The van der Waals surface area contributed by atoms with Crippen molar-refractivity contribution in [3.63, 3.8) is 0 Å². The minimum Gasteiger partial charge on any atom is -0.459 e. The van der Waals surface area contributed by atoms with Gasteiger partial charge in [-0.15, -0.1) is 11.8 Å². The van der Waals surface area contributed by atoms with E-state index in [0.717, 1.165) is 33.1 Å². The van der Waals surface area contributed by atoms with Gasteiger partial charge in [-0.1, -0.05) is 23.5 Å². The molecule has 1 aliphatic heterocycles. The molecule has 0 bridgehead atoms. The van der Waals surface area contributed by atoms with Crippen molar-refractivity contribution in [1.82, 2.24) is 14.1 Å². The van der Waals surface area contributed by atoms with Crippen molar-refractivity contribution >= 4 is 35.1 Å². The van der Waals surface area contributed by atoms with Crippen molar-refractivity contribution in [2.24, 2.45) is 4.99 Å². The molecule has 3 aromatic heterocycles. The van der Waals surface area contributed by atoms with Crippen molar-refractivity contribution in [2.45, 2.75) is 51.7 Å². The number of nitrogens with zero attached hydrogens (tertiary/aromatic N) is 4. The lowest BCUT2D eigenvalue weighted by molar-refractivity contribution is -0.143. The molecular weight excluding hydrogens is 528 g/mol. The van der Waals surface area contributed by atoms with E-state index in [1.165, 1.54) is 11.3 Å². The molecule has 1 aliphatic rings. The van der Waals surface area contributed by atoms with Gasteiger partial charge in [0.05, 0.1) is 39.8 Å². The van der Waals surface area contributed by atoms with Crippen LogP contribution in [-0.2, 0) is 9.53 Å². The van der Waals surface area contributed by atoms with Crippen LogP contribution in [0.3, 0.4) is 0 Å². The van der Waals surface area contributed by atoms with Crippen molar-refractivity contribution in [3.8, 4) is 5.69 Å². The Bertz CT molecular complexity index is 1760. The topological polar surface area (TPSA) is 78.5 Å². The number of hydrogen-bond donors (Lipinski definition) is 0. The van der Waals surface area contributed by atoms with Gasteiger partial charge in [-0.05, 0) is 88.4 Å². The van der Waals surface area contributed by atoms with Gasteiger partial charge in [0, 0.05) is 22.5 Å². The van der Waals surface area contributed by atoms with Gasteiger partial charge in [0.25, 0.3) is 5.56 Å². The number of fused-ring (bicyclic) bond motifs is 1. The molecule has 4 heterocycles. The summed E-state index contributed by atoms with van der Waals surface area (Å²) in [5.41, 5.74) is 5.54. The number of pyridine rings is 1. The zero-order valence-corrected chi connectivity index (χ0v) is 24.4. The summed E-state index contributed by atoms with van der Waals surface area (Å²) in [4.78, 5) is 37.9. The molecule has 0 unspecified atom stereocenters. The smallest absolute Gasteiger partial charge is 0.338 e. The Morgan fingerprint density at radius 2 is 1.90 bits per heavy atom. The Hall–Kier alpha value is -3.69. The maximum atomic E-state index is 14.0. The van der Waals surface area contributed by atoms with Crippen LogP contribution >= 0.6 is 23.1 Å². The summed E-state index contributed by atoms with van der Waals surface area (Å²) in [6.07, 6.45) is 7.20. The fourth-order valence-electron chi connectivity index (χ4n) is 4.92. The molecule has 5 rings (SSSR count). The van der Waals surface area contributed by atoms with Crippen molar-refractivity contribution in [2.75, 3.05) is 6.26 Å². The molecule has 200 valence electrons. The zero-order chi connectivity index (χ0) is 27.8. The van der Waals surface area contributed by atoms with Gasteiger partial charge in [0.1, 0.15) is 0 Å². The number of esters is 1. The SMILES string of the molecule is CSc1ccc([C@H]2C(C(=O)OC(C)C)=C(C)N=c3s/c(=C/c4cc(C)n(-c5cccnc5)c4C)c(=O)n32)cc1. The standard InChI is InChI=1S/C30H30N4O3S2/c1-17(2)37-29(36)26-19(4)32-30-34(27(26)21-9-11-24(38-6)12-10-21)28(35)25(39-30)15-22-14-18(3)33(20(22)5)23-8-7-13-31-16-23/h7-17,27H,1-6H3/b25-15+/t27-/m0/s1. The number of carbonyl (C=O) groups excluding carboxylic acids is 1. The van der Waals surface area contributed by atoms with Crippen LogP contribution in [0, 0.1) is 13.8 Å². The molecular formula is C30H30N4O3S2. The third kappa shape index (κ3) is 5.04. The third-order valence-corrected chi connectivity index (χ3v) is 8.40. The number of hydrogen-bond acceptors (Lipinski definition) is 7. The van der Waals surface area contributed by atoms with Crippen molar-refractivity contribution < 1.29 is 9.53 Å². The molecule has 0 N–H and O–H groups in total. The van der Waals surface area contributed by atoms with E-state index in [-0.39, 0.29) is 11.7 Å². The number of aryl methyl sites for hydroxylation is 1. The number of rotatable bonds is 6. The van der Waals surface area contributed by atoms with Gasteiger partial charge < -0.3 is 9.30 Å². The van der Waals surface area contributed by atoms with Crippen LogP contribution in [-0.4, -0.2) is 32.4 Å². The van der Waals surface area contributed by atoms with Crippen LogP contribution in [0.25, 0.3) is 11.8 Å². The number of allylic oxidation sites excluding steroid dienone is 1. The van der Waals surface area contributed by atoms with Crippen LogP contribution < -0.4 is 14.9 Å². The van der Waals surface area contributed by atoms with E-state index in [9.17, 15) is 9.59 Å². The number of aromatic nitrogens is 3. The molecule has 0 saturated heterocycles. The molecule has 1 aromatic carbocycles. The predicted octanol–water partition coefficient (Wildman–Crippen LogP) is 4.71. The first-order valence-corrected chi connectivity index (χ1v) is 14.7. The van der Waals surface area contributed by atoms with Gasteiger partial charge in [-0.3, -0.25) is 14.3 Å². The summed E-state index contributed by atoms with van der Waals surface area (Å²) >= 11 is 2.97. The van der Waals surface area contributed by atoms with E-state index >= 15 is 0 Å². The molecule has 0 aliphatic carbocycles. The number of thioether (sulfide) groups is 1. The first-order valence-electron chi connectivity index (χ1n) is 12.7. The van der Waals surface area contributed by atoms with Gasteiger partial charge in [-0.2, -0.15) is 0 Å². The molecule has 0 saturated carbocycles. The highest BCUT2D eigenvalue weighted by Crippen LogP contribution is 2.32. The summed E-state index contributed by atoms with van der Waals surface area (Å²) in [6.45, 7) is 9.50. The quantitative estimate of drug-likeness (QED) is 0.253. The third-order valence-electron chi connectivity index (χ3n) is 6.68. The molecule has 1 atom stereocenters. The van der Waals surface area contributed by atoms with Gasteiger partial charge in [0.15, 0.2) is 4.80 Å². The second kappa shape index (κ2) is 10.8. The Morgan fingerprint density at radius 1 is 1.15 bits per heavy atom. The highest BCUT2D eigenvalue weighted by atomic mass is 32.2. The van der Waals surface area contributed by atoms with E-state index in [1.807, 2.05) is 82.6 Å². The average Bonchev–Trinajstić information content (AvgIpc) is 3.37. The predicted molar refractivity (Wildman–Crippen MR) is 156 cm³/mol. The van der Waals surface area contributed by atoms with Crippen LogP contribution in [0.4, 0.5) is 0 Å². The lowest BCUT2D eigenvalue weighted by Crippen LogP contribution is -2.40. The van der Waals surface area contributed by atoms with Crippen LogP contribution in [0.2, 0.25) is 0 Å². The Labute approximate surface area is 235 Å². The number of ether oxygens (including phenoxy) is 1. The lowest BCUT2D eigenvalue weighted by atomic mass is 9.96. The van der Waals surface area contributed by atoms with E-state index in [1.54, 1.807) is 29.4 Å². The van der Waals surface area contributed by atoms with E-state index < -0.39 is 12.0 Å². The van der Waals surface area contributed by atoms with E-state index in [2.05, 4.69) is 15.6 Å². The molecule has 0 spiro atoms. The molecule has 7 nitrogen and oxygen atoms in total. The Balaban J connectivity index is 1.69. The number of benzene rings is 1. The summed E-state index contributed by atoms with van der Waals surface area (Å²) in [7, 11) is 0. The maximum absolute atomic E-state index is 14.0. The molecule has 39 heavy (non-hydrogen) atoms. The van der Waals surface area contributed by atoms with Crippen LogP contribution in [0.15, 0.2) is 80.8 Å². The van der Waals surface area contributed by atoms with Gasteiger partial charge in [0.2, 0.25) is 0 Å². The summed E-state index contributed by atoms with van der Waals surface area (Å²) < 4.78 is 9.91. The normalized spacial score (nSPS) is 15.5. The van der Waals surface area contributed by atoms with Crippen LogP contribution in [0.5, 0.6) is 0 Å². The van der Waals surface area contributed by atoms with E-state index in [4.69, 9.17) is 9.73 Å². The molecule has 0 amide bonds. The molecule has 9 heteroatoms. The molecule has 0 radical (unpaired) electrons. The fraction of sp³-hybridized carbons (Fsp3) is 0.267. The Kier molecular flexibility index (Phi) is 7.46. The molecule has 4 aromatic rings. The van der Waals surface area contributed by atoms with E-state index in [0.29, 0.717) is 20.6 Å². The number of carbonyl (C=O) groups is 1. The first-order chi connectivity index (χ1) is 18.7. The van der Waals surface area contributed by atoms with Crippen LogP contribution in [0.1, 0.15) is 49.3 Å². The first kappa shape index (κ1) is 26.9. The summed E-state index contributed by atoms with van der Waals surface area (Å²) in [5.74, 6) is -0.459. The summed E-state index contributed by atoms with van der Waals surface area (Å²) in [5, 5.41) is 0. The zero-order valence-electron chi connectivity index (χ0n) is 22.8. The largest absolute Gasteiger partial charge is 0.459 e. The number of thiazole rings is 1.